The van der Waals surface area contributed by atoms with E-state index in [9.17, 15) is 0 Å². The highest BCUT2D eigenvalue weighted by Gasteiger charge is 2.22. The predicted octanol–water partition coefficient (Wildman–Crippen LogP) is 16.6. The van der Waals surface area contributed by atoms with Crippen LogP contribution in [0.5, 0.6) is 0 Å². The minimum absolute atomic E-state index is 1.12. The monoisotopic (exact) mass is 761 g/mol. The molecule has 0 N–H and O–H groups in total. The first-order chi connectivity index (χ1) is 28.3. The van der Waals surface area contributed by atoms with Crippen molar-refractivity contribution < 1.29 is 0 Å². The van der Waals surface area contributed by atoms with Gasteiger partial charge in [0.15, 0.2) is 0 Å². The smallest absolute Gasteiger partial charge is 0.0555 e. The number of nitrogens with zero attached hydrogens (tertiary/aromatic N) is 1. The minimum Gasteiger partial charge on any atom is -0.310 e. The van der Waals surface area contributed by atoms with E-state index in [1.807, 2.05) is 22.7 Å². The molecule has 11 aromatic rings. The van der Waals surface area contributed by atoms with Crippen molar-refractivity contribution in [1.82, 2.24) is 0 Å². The van der Waals surface area contributed by atoms with Crippen LogP contribution in [0, 0.1) is 0 Å². The Hall–Kier alpha value is -6.78. The van der Waals surface area contributed by atoms with Crippen LogP contribution in [0.4, 0.5) is 17.1 Å². The van der Waals surface area contributed by atoms with Gasteiger partial charge in [0.05, 0.1) is 5.69 Å². The molecule has 0 saturated heterocycles. The Kier molecular flexibility index (Phi) is 8.28. The summed E-state index contributed by atoms with van der Waals surface area (Å²) in [6.07, 6.45) is 0. The summed E-state index contributed by atoms with van der Waals surface area (Å²) < 4.78 is 5.19. The molecule has 57 heavy (non-hydrogen) atoms. The van der Waals surface area contributed by atoms with Crippen molar-refractivity contribution in [2.45, 2.75) is 0 Å². The second-order valence-electron chi connectivity index (χ2n) is 14.4. The van der Waals surface area contributed by atoms with E-state index in [4.69, 9.17) is 0 Å². The van der Waals surface area contributed by atoms with Crippen LogP contribution in [0.25, 0.3) is 84.9 Å². The number of hydrogen-bond acceptors (Lipinski definition) is 3. The fraction of sp³-hybridized carbons (Fsp3) is 0. The Bertz CT molecular complexity index is 3230. The standard InChI is InChI=1S/C54H35NS2/c1-3-15-36(16-4-1)41-19-7-9-21-44(41)45-22-10-8-20-42(45)38-27-29-39(30-28-38)55(40-31-32-47-46-23-11-13-25-50(46)56-52(47)35-40)49-34-33-43(37-17-5-2-6-18-37)54-53(49)48-24-12-14-26-51(48)57-54/h1-35H. The van der Waals surface area contributed by atoms with E-state index in [0.717, 1.165) is 11.4 Å². The lowest BCUT2D eigenvalue weighted by atomic mass is 9.89. The first-order valence-electron chi connectivity index (χ1n) is 19.3. The van der Waals surface area contributed by atoms with E-state index < -0.39 is 0 Å². The first-order valence-corrected chi connectivity index (χ1v) is 21.0. The maximum absolute atomic E-state index is 2.47. The molecule has 2 heterocycles. The quantitative estimate of drug-likeness (QED) is 0.156. The van der Waals surface area contributed by atoms with Gasteiger partial charge in [0, 0.05) is 51.7 Å². The average Bonchev–Trinajstić information content (AvgIpc) is 3.86. The summed E-state index contributed by atoms with van der Waals surface area (Å²) in [5, 5.41) is 5.17. The van der Waals surface area contributed by atoms with E-state index in [0.29, 0.717) is 0 Å². The number of fused-ring (bicyclic) bond motifs is 6. The van der Waals surface area contributed by atoms with Gasteiger partial charge in [-0.25, -0.2) is 0 Å². The number of benzene rings is 9. The van der Waals surface area contributed by atoms with Crippen LogP contribution >= 0.6 is 22.7 Å². The van der Waals surface area contributed by atoms with Gasteiger partial charge >= 0.3 is 0 Å². The molecule has 0 aliphatic carbocycles. The second-order valence-corrected chi connectivity index (χ2v) is 16.6. The lowest BCUT2D eigenvalue weighted by Gasteiger charge is -2.27. The van der Waals surface area contributed by atoms with Gasteiger partial charge in [0.1, 0.15) is 0 Å². The highest BCUT2D eigenvalue weighted by molar-refractivity contribution is 7.26. The topological polar surface area (TPSA) is 3.24 Å². The van der Waals surface area contributed by atoms with Crippen LogP contribution in [0.3, 0.4) is 0 Å². The molecule has 9 aromatic carbocycles. The Morgan fingerprint density at radius 2 is 0.789 bits per heavy atom. The summed E-state index contributed by atoms with van der Waals surface area (Å²) in [5.41, 5.74) is 13.2. The molecule has 268 valence electrons. The van der Waals surface area contributed by atoms with E-state index >= 15 is 0 Å². The van der Waals surface area contributed by atoms with E-state index in [-0.39, 0.29) is 0 Å². The highest BCUT2D eigenvalue weighted by atomic mass is 32.1. The molecule has 3 heteroatoms. The molecule has 0 aliphatic rings. The molecule has 0 saturated carbocycles. The van der Waals surface area contributed by atoms with Crippen LogP contribution in [0.2, 0.25) is 0 Å². The molecule has 0 amide bonds. The molecule has 0 bridgehead atoms. The van der Waals surface area contributed by atoms with Crippen molar-refractivity contribution in [2.75, 3.05) is 4.90 Å². The molecule has 0 aliphatic heterocycles. The Balaban J connectivity index is 1.10. The summed E-state index contributed by atoms with van der Waals surface area (Å²) in [6.45, 7) is 0. The largest absolute Gasteiger partial charge is 0.310 e. The fourth-order valence-electron chi connectivity index (χ4n) is 8.47. The van der Waals surface area contributed by atoms with Crippen molar-refractivity contribution in [3.05, 3.63) is 212 Å². The fourth-order valence-corrected chi connectivity index (χ4v) is 10.9. The third-order valence-electron chi connectivity index (χ3n) is 11.1. The third kappa shape index (κ3) is 5.83. The molecule has 1 nitrogen and oxygen atoms in total. The van der Waals surface area contributed by atoms with Crippen LogP contribution in [0.15, 0.2) is 212 Å². The van der Waals surface area contributed by atoms with Gasteiger partial charge in [0.25, 0.3) is 0 Å². The molecule has 0 fully saturated rings. The number of thiophene rings is 2. The molecule has 0 atom stereocenters. The second kappa shape index (κ2) is 14.1. The third-order valence-corrected chi connectivity index (χ3v) is 13.5. The number of hydrogen-bond donors (Lipinski definition) is 0. The summed E-state index contributed by atoms with van der Waals surface area (Å²) in [7, 11) is 0. The van der Waals surface area contributed by atoms with Crippen molar-refractivity contribution in [3.63, 3.8) is 0 Å². The first kappa shape index (κ1) is 33.5. The van der Waals surface area contributed by atoms with Crippen molar-refractivity contribution in [1.29, 1.82) is 0 Å². The van der Waals surface area contributed by atoms with E-state index in [1.165, 1.54) is 90.5 Å². The van der Waals surface area contributed by atoms with E-state index in [1.54, 1.807) is 0 Å². The summed E-state index contributed by atoms with van der Waals surface area (Å²) in [5.74, 6) is 0. The van der Waals surface area contributed by atoms with Crippen LogP contribution in [-0.4, -0.2) is 0 Å². The summed E-state index contributed by atoms with van der Waals surface area (Å²) >= 11 is 3.75. The lowest BCUT2D eigenvalue weighted by molar-refractivity contribution is 1.31. The van der Waals surface area contributed by atoms with Gasteiger partial charge < -0.3 is 4.90 Å². The van der Waals surface area contributed by atoms with Gasteiger partial charge in [-0.2, -0.15) is 0 Å². The Labute approximate surface area is 340 Å². The minimum atomic E-state index is 1.12. The maximum Gasteiger partial charge on any atom is 0.0555 e. The van der Waals surface area contributed by atoms with Crippen molar-refractivity contribution in [3.8, 4) is 44.5 Å². The Morgan fingerprint density at radius 1 is 0.298 bits per heavy atom. The molecule has 0 radical (unpaired) electrons. The highest BCUT2D eigenvalue weighted by Crippen LogP contribution is 2.49. The zero-order valence-corrected chi connectivity index (χ0v) is 32.6. The lowest BCUT2D eigenvalue weighted by Crippen LogP contribution is -2.10. The van der Waals surface area contributed by atoms with Gasteiger partial charge in [-0.3, -0.25) is 0 Å². The maximum atomic E-state index is 2.47. The van der Waals surface area contributed by atoms with Gasteiger partial charge in [-0.05, 0) is 87.0 Å². The summed E-state index contributed by atoms with van der Waals surface area (Å²) in [6, 6.07) is 77.5. The molecular weight excluding hydrogens is 727 g/mol. The van der Waals surface area contributed by atoms with Crippen molar-refractivity contribution >= 4 is 80.1 Å². The molecule has 0 unspecified atom stereocenters. The molecule has 11 rings (SSSR count). The van der Waals surface area contributed by atoms with E-state index in [2.05, 4.69) is 217 Å². The average molecular weight is 762 g/mol. The van der Waals surface area contributed by atoms with Crippen molar-refractivity contribution in [2.24, 2.45) is 0 Å². The number of rotatable bonds is 7. The van der Waals surface area contributed by atoms with Crippen LogP contribution < -0.4 is 4.90 Å². The zero-order chi connectivity index (χ0) is 37.7. The molecule has 0 spiro atoms. The van der Waals surface area contributed by atoms with Gasteiger partial charge in [-0.15, -0.1) is 22.7 Å². The predicted molar refractivity (Wildman–Crippen MR) is 249 cm³/mol. The SMILES string of the molecule is c1ccc(-c2ccccc2-c2ccccc2-c2ccc(N(c3ccc4c(c3)sc3ccccc34)c3ccc(-c4ccccc4)c4sc5ccccc5c34)cc2)cc1. The van der Waals surface area contributed by atoms with Gasteiger partial charge in [0.2, 0.25) is 0 Å². The normalized spacial score (nSPS) is 11.5. The summed E-state index contributed by atoms with van der Waals surface area (Å²) in [4.78, 5) is 2.47. The Morgan fingerprint density at radius 3 is 1.46 bits per heavy atom. The van der Waals surface area contributed by atoms with Gasteiger partial charge in [-0.1, -0.05) is 170 Å². The number of anilines is 3. The zero-order valence-electron chi connectivity index (χ0n) is 31.0. The molecular formula is C54H35NS2. The molecule has 2 aromatic heterocycles. The van der Waals surface area contributed by atoms with Crippen LogP contribution in [0.1, 0.15) is 0 Å². The van der Waals surface area contributed by atoms with Crippen LogP contribution in [-0.2, 0) is 0 Å².